The van der Waals surface area contributed by atoms with E-state index in [4.69, 9.17) is 16.3 Å². The van der Waals surface area contributed by atoms with Crippen LogP contribution in [0.2, 0.25) is 5.02 Å². The minimum atomic E-state index is -0.392. The molecule has 0 atom stereocenters. The van der Waals surface area contributed by atoms with E-state index in [-0.39, 0.29) is 17.8 Å². The molecule has 18 heavy (non-hydrogen) atoms. The molecule has 100 valence electrons. The molecule has 0 fully saturated rings. The number of rotatable bonds is 6. The van der Waals surface area contributed by atoms with Crippen LogP contribution in [0.3, 0.4) is 0 Å². The Kier molecular flexibility index (Phi) is 5.29. The highest BCUT2D eigenvalue weighted by Gasteiger charge is 2.18. The normalized spacial score (nSPS) is 11.6. The lowest BCUT2D eigenvalue weighted by atomic mass is 9.98. The third-order valence-electron chi connectivity index (χ3n) is 2.96. The third kappa shape index (κ3) is 4.75. The van der Waals surface area contributed by atoms with E-state index in [0.717, 1.165) is 0 Å². The SMILES string of the molecule is COC(C)(C)CCC(=O)Cc1ccc(F)cc1Cl. The molecule has 1 aromatic carbocycles. The van der Waals surface area contributed by atoms with E-state index < -0.39 is 5.82 Å². The molecule has 0 bridgehead atoms. The van der Waals surface area contributed by atoms with Gasteiger partial charge in [-0.15, -0.1) is 0 Å². The Bertz CT molecular complexity index is 430. The number of benzene rings is 1. The Morgan fingerprint density at radius 1 is 1.44 bits per heavy atom. The van der Waals surface area contributed by atoms with Crippen molar-refractivity contribution in [1.82, 2.24) is 0 Å². The summed E-state index contributed by atoms with van der Waals surface area (Å²) < 4.78 is 18.1. The molecule has 1 rings (SSSR count). The Balaban J connectivity index is 2.55. The summed E-state index contributed by atoms with van der Waals surface area (Å²) in [5.74, 6) is -0.314. The van der Waals surface area contributed by atoms with E-state index in [9.17, 15) is 9.18 Å². The number of ether oxygens (including phenoxy) is 1. The second-order valence-electron chi connectivity index (χ2n) is 4.92. The van der Waals surface area contributed by atoms with Gasteiger partial charge in [-0.05, 0) is 38.0 Å². The van der Waals surface area contributed by atoms with Crippen molar-refractivity contribution in [3.63, 3.8) is 0 Å². The molecule has 2 nitrogen and oxygen atoms in total. The quantitative estimate of drug-likeness (QED) is 0.787. The van der Waals surface area contributed by atoms with Crippen molar-refractivity contribution in [2.24, 2.45) is 0 Å². The smallest absolute Gasteiger partial charge is 0.137 e. The van der Waals surface area contributed by atoms with Crippen LogP contribution in [0.15, 0.2) is 18.2 Å². The fraction of sp³-hybridized carbons (Fsp3) is 0.500. The van der Waals surface area contributed by atoms with E-state index in [0.29, 0.717) is 23.4 Å². The summed E-state index contributed by atoms with van der Waals surface area (Å²) in [6.45, 7) is 3.87. The summed E-state index contributed by atoms with van der Waals surface area (Å²) in [5.41, 5.74) is 0.362. The molecule has 1 aromatic rings. The molecule has 0 aromatic heterocycles. The molecule has 0 N–H and O–H groups in total. The highest BCUT2D eigenvalue weighted by atomic mass is 35.5. The van der Waals surface area contributed by atoms with Crippen LogP contribution in [-0.4, -0.2) is 18.5 Å². The van der Waals surface area contributed by atoms with E-state index in [1.807, 2.05) is 13.8 Å². The number of ketones is 1. The van der Waals surface area contributed by atoms with Crippen LogP contribution >= 0.6 is 11.6 Å². The molecule has 0 saturated heterocycles. The lowest BCUT2D eigenvalue weighted by Crippen LogP contribution is -2.23. The summed E-state index contributed by atoms with van der Waals surface area (Å²) >= 11 is 5.87. The largest absolute Gasteiger partial charge is 0.379 e. The van der Waals surface area contributed by atoms with Crippen molar-refractivity contribution in [3.8, 4) is 0 Å². The summed E-state index contributed by atoms with van der Waals surface area (Å²) in [6.07, 6.45) is 1.31. The van der Waals surface area contributed by atoms with Gasteiger partial charge in [-0.1, -0.05) is 17.7 Å². The first kappa shape index (κ1) is 15.1. The summed E-state index contributed by atoms with van der Waals surface area (Å²) in [5, 5.41) is 0.300. The number of carbonyl (C=O) groups is 1. The van der Waals surface area contributed by atoms with Crippen molar-refractivity contribution in [1.29, 1.82) is 0 Å². The number of carbonyl (C=O) groups excluding carboxylic acids is 1. The molecule has 0 aliphatic carbocycles. The Morgan fingerprint density at radius 2 is 2.11 bits per heavy atom. The van der Waals surface area contributed by atoms with Gasteiger partial charge in [-0.25, -0.2) is 4.39 Å². The maximum absolute atomic E-state index is 12.8. The number of halogens is 2. The van der Waals surface area contributed by atoms with Gasteiger partial charge >= 0.3 is 0 Å². The van der Waals surface area contributed by atoms with Gasteiger partial charge in [-0.2, -0.15) is 0 Å². The highest BCUT2D eigenvalue weighted by molar-refractivity contribution is 6.31. The van der Waals surface area contributed by atoms with Gasteiger partial charge in [0.05, 0.1) is 5.60 Å². The average molecular weight is 273 g/mol. The molecule has 0 heterocycles. The second kappa shape index (κ2) is 6.30. The molecule has 0 amide bonds. The van der Waals surface area contributed by atoms with E-state index >= 15 is 0 Å². The number of methoxy groups -OCH3 is 1. The molecule has 0 spiro atoms. The summed E-state index contributed by atoms with van der Waals surface area (Å²) in [6, 6.07) is 4.09. The van der Waals surface area contributed by atoms with Gasteiger partial charge in [0.1, 0.15) is 11.6 Å². The van der Waals surface area contributed by atoms with E-state index in [2.05, 4.69) is 0 Å². The number of Topliss-reactive ketones (excluding diaryl/α,β-unsaturated/α-hetero) is 1. The zero-order valence-corrected chi connectivity index (χ0v) is 11.7. The lowest BCUT2D eigenvalue weighted by Gasteiger charge is -2.22. The molecular formula is C14H18ClFO2. The van der Waals surface area contributed by atoms with Gasteiger partial charge < -0.3 is 4.74 Å². The monoisotopic (exact) mass is 272 g/mol. The van der Waals surface area contributed by atoms with Crippen LogP contribution in [-0.2, 0) is 16.0 Å². The van der Waals surface area contributed by atoms with Gasteiger partial charge in [-0.3, -0.25) is 4.79 Å². The topological polar surface area (TPSA) is 26.3 Å². The minimum absolute atomic E-state index is 0.0774. The molecule has 0 radical (unpaired) electrons. The standard InChI is InChI=1S/C14H18ClFO2/c1-14(2,18-3)7-6-12(17)8-10-4-5-11(16)9-13(10)15/h4-5,9H,6-8H2,1-3H3. The van der Waals surface area contributed by atoms with E-state index in [1.54, 1.807) is 13.2 Å². The Morgan fingerprint density at radius 3 is 2.67 bits per heavy atom. The Labute approximate surface area is 112 Å². The van der Waals surface area contributed by atoms with Crippen LogP contribution in [0, 0.1) is 5.82 Å². The first-order chi connectivity index (χ1) is 8.34. The fourth-order valence-electron chi connectivity index (χ4n) is 1.51. The Hall–Kier alpha value is -0.930. The van der Waals surface area contributed by atoms with Gasteiger partial charge in [0, 0.05) is 25.0 Å². The van der Waals surface area contributed by atoms with Crippen LogP contribution in [0.1, 0.15) is 32.3 Å². The lowest BCUT2D eigenvalue weighted by molar-refractivity contribution is -0.119. The predicted molar refractivity (Wildman–Crippen MR) is 70.4 cm³/mol. The van der Waals surface area contributed by atoms with Gasteiger partial charge in [0.25, 0.3) is 0 Å². The van der Waals surface area contributed by atoms with Crippen LogP contribution < -0.4 is 0 Å². The van der Waals surface area contributed by atoms with Gasteiger partial charge in [0.2, 0.25) is 0 Å². The zero-order chi connectivity index (χ0) is 13.8. The minimum Gasteiger partial charge on any atom is -0.379 e. The average Bonchev–Trinajstić information content (AvgIpc) is 2.30. The van der Waals surface area contributed by atoms with Crippen molar-refractivity contribution in [2.75, 3.05) is 7.11 Å². The molecule has 0 unspecified atom stereocenters. The molecule has 0 aliphatic heterocycles. The maximum Gasteiger partial charge on any atom is 0.137 e. The number of hydrogen-bond acceptors (Lipinski definition) is 2. The zero-order valence-electron chi connectivity index (χ0n) is 10.9. The molecule has 0 saturated carbocycles. The first-order valence-corrected chi connectivity index (χ1v) is 6.22. The van der Waals surface area contributed by atoms with Crippen LogP contribution in [0.4, 0.5) is 4.39 Å². The maximum atomic E-state index is 12.8. The van der Waals surface area contributed by atoms with Crippen LogP contribution in [0.5, 0.6) is 0 Å². The van der Waals surface area contributed by atoms with Crippen molar-refractivity contribution in [3.05, 3.63) is 34.6 Å². The summed E-state index contributed by atoms with van der Waals surface area (Å²) in [4.78, 5) is 11.8. The fourth-order valence-corrected chi connectivity index (χ4v) is 1.74. The first-order valence-electron chi connectivity index (χ1n) is 5.85. The van der Waals surface area contributed by atoms with Crippen molar-refractivity contribution >= 4 is 17.4 Å². The highest BCUT2D eigenvalue weighted by Crippen LogP contribution is 2.20. The van der Waals surface area contributed by atoms with Crippen molar-refractivity contribution < 1.29 is 13.9 Å². The predicted octanol–water partition coefficient (Wildman–Crippen LogP) is 3.80. The third-order valence-corrected chi connectivity index (χ3v) is 3.31. The van der Waals surface area contributed by atoms with Crippen molar-refractivity contribution in [2.45, 2.75) is 38.7 Å². The van der Waals surface area contributed by atoms with Gasteiger partial charge in [0.15, 0.2) is 0 Å². The summed E-state index contributed by atoms with van der Waals surface area (Å²) in [7, 11) is 1.63. The van der Waals surface area contributed by atoms with Crippen LogP contribution in [0.25, 0.3) is 0 Å². The number of hydrogen-bond donors (Lipinski definition) is 0. The molecular weight excluding hydrogens is 255 g/mol. The molecule has 0 aliphatic rings. The molecule has 4 heteroatoms. The second-order valence-corrected chi connectivity index (χ2v) is 5.32. The van der Waals surface area contributed by atoms with E-state index in [1.165, 1.54) is 12.1 Å².